The summed E-state index contributed by atoms with van der Waals surface area (Å²) >= 11 is 5.98. The van der Waals surface area contributed by atoms with Crippen LogP contribution in [-0.4, -0.2) is 14.8 Å². The van der Waals surface area contributed by atoms with Gasteiger partial charge in [-0.3, -0.25) is 0 Å². The van der Waals surface area contributed by atoms with Crippen LogP contribution >= 0.6 is 11.6 Å². The van der Waals surface area contributed by atoms with Gasteiger partial charge in [0, 0.05) is 0 Å². The SMILES string of the molecule is Cc1nn(-c2cccc(F)n2)c(C)c1Cl. The lowest BCUT2D eigenvalue weighted by Crippen LogP contribution is -2.02. The summed E-state index contributed by atoms with van der Waals surface area (Å²) in [5, 5.41) is 4.76. The number of pyridine rings is 1. The smallest absolute Gasteiger partial charge is 0.214 e. The maximum absolute atomic E-state index is 12.9. The second-order valence-corrected chi connectivity index (χ2v) is 3.59. The number of hydrogen-bond donors (Lipinski definition) is 0. The third kappa shape index (κ3) is 1.72. The van der Waals surface area contributed by atoms with Gasteiger partial charge in [0.25, 0.3) is 0 Å². The molecule has 2 aromatic rings. The van der Waals surface area contributed by atoms with Gasteiger partial charge in [0.2, 0.25) is 5.95 Å². The zero-order valence-electron chi connectivity index (χ0n) is 8.33. The van der Waals surface area contributed by atoms with Gasteiger partial charge in [0.15, 0.2) is 5.82 Å². The van der Waals surface area contributed by atoms with Crippen LogP contribution < -0.4 is 0 Å². The van der Waals surface area contributed by atoms with E-state index in [1.54, 1.807) is 19.1 Å². The summed E-state index contributed by atoms with van der Waals surface area (Å²) in [4.78, 5) is 3.73. The van der Waals surface area contributed by atoms with E-state index < -0.39 is 5.95 Å². The van der Waals surface area contributed by atoms with Crippen molar-refractivity contribution in [2.75, 3.05) is 0 Å². The highest BCUT2D eigenvalue weighted by atomic mass is 35.5. The monoisotopic (exact) mass is 225 g/mol. The molecule has 0 amide bonds. The molecule has 15 heavy (non-hydrogen) atoms. The maximum atomic E-state index is 12.9. The fourth-order valence-corrected chi connectivity index (χ4v) is 1.48. The van der Waals surface area contributed by atoms with E-state index in [4.69, 9.17) is 11.6 Å². The molecule has 0 bridgehead atoms. The lowest BCUT2D eigenvalue weighted by atomic mass is 10.4. The van der Waals surface area contributed by atoms with E-state index in [1.165, 1.54) is 10.7 Å². The van der Waals surface area contributed by atoms with Crippen LogP contribution in [0.2, 0.25) is 5.02 Å². The summed E-state index contributed by atoms with van der Waals surface area (Å²) in [5.74, 6) is -0.0984. The average Bonchev–Trinajstić information content (AvgIpc) is 2.46. The zero-order valence-corrected chi connectivity index (χ0v) is 9.09. The Morgan fingerprint density at radius 3 is 2.60 bits per heavy atom. The molecule has 0 radical (unpaired) electrons. The Kier molecular flexibility index (Phi) is 2.44. The van der Waals surface area contributed by atoms with Crippen molar-refractivity contribution < 1.29 is 4.39 Å². The molecule has 0 fully saturated rings. The van der Waals surface area contributed by atoms with Crippen LogP contribution in [-0.2, 0) is 0 Å². The van der Waals surface area contributed by atoms with Gasteiger partial charge in [-0.05, 0) is 26.0 Å². The van der Waals surface area contributed by atoms with E-state index in [1.807, 2.05) is 6.92 Å². The lowest BCUT2D eigenvalue weighted by Gasteiger charge is -2.02. The first kappa shape index (κ1) is 10.1. The molecule has 2 rings (SSSR count). The van der Waals surface area contributed by atoms with Crippen LogP contribution in [0.4, 0.5) is 4.39 Å². The molecule has 0 aliphatic carbocycles. The Balaban J connectivity index is 2.59. The Labute approximate surface area is 91.5 Å². The van der Waals surface area contributed by atoms with Crippen LogP contribution in [0, 0.1) is 19.8 Å². The largest absolute Gasteiger partial charge is 0.218 e. The highest BCUT2D eigenvalue weighted by Gasteiger charge is 2.11. The van der Waals surface area contributed by atoms with Gasteiger partial charge in [-0.15, -0.1) is 0 Å². The minimum Gasteiger partial charge on any atom is -0.218 e. The van der Waals surface area contributed by atoms with E-state index >= 15 is 0 Å². The summed E-state index contributed by atoms with van der Waals surface area (Å²) < 4.78 is 14.4. The Morgan fingerprint density at radius 2 is 2.07 bits per heavy atom. The van der Waals surface area contributed by atoms with Crippen LogP contribution in [0.5, 0.6) is 0 Å². The van der Waals surface area contributed by atoms with Gasteiger partial charge in [0.05, 0.1) is 16.4 Å². The fraction of sp³-hybridized carbons (Fsp3) is 0.200. The van der Waals surface area contributed by atoms with Crippen molar-refractivity contribution in [2.45, 2.75) is 13.8 Å². The van der Waals surface area contributed by atoms with Crippen molar-refractivity contribution in [1.82, 2.24) is 14.8 Å². The Hall–Kier alpha value is -1.42. The highest BCUT2D eigenvalue weighted by molar-refractivity contribution is 6.31. The molecule has 0 atom stereocenters. The van der Waals surface area contributed by atoms with Gasteiger partial charge < -0.3 is 0 Å². The van der Waals surface area contributed by atoms with Crippen molar-refractivity contribution in [1.29, 1.82) is 0 Å². The van der Waals surface area contributed by atoms with Crippen LogP contribution in [0.15, 0.2) is 18.2 Å². The number of nitrogens with zero attached hydrogens (tertiary/aromatic N) is 3. The van der Waals surface area contributed by atoms with Crippen molar-refractivity contribution in [3.63, 3.8) is 0 Å². The van der Waals surface area contributed by atoms with Gasteiger partial charge in [-0.2, -0.15) is 9.49 Å². The van der Waals surface area contributed by atoms with Crippen molar-refractivity contribution in [3.05, 3.63) is 40.6 Å². The van der Waals surface area contributed by atoms with Gasteiger partial charge >= 0.3 is 0 Å². The van der Waals surface area contributed by atoms with Crippen LogP contribution in [0.1, 0.15) is 11.4 Å². The Bertz CT molecular complexity index is 507. The molecule has 0 N–H and O–H groups in total. The van der Waals surface area contributed by atoms with Crippen LogP contribution in [0.3, 0.4) is 0 Å². The molecular weight excluding hydrogens is 217 g/mol. The summed E-state index contributed by atoms with van der Waals surface area (Å²) in [6.07, 6.45) is 0. The van der Waals surface area contributed by atoms with Crippen molar-refractivity contribution in [3.8, 4) is 5.82 Å². The molecule has 0 aliphatic rings. The second kappa shape index (κ2) is 3.62. The minimum absolute atomic E-state index is 0.433. The first-order valence-corrected chi connectivity index (χ1v) is 4.82. The zero-order chi connectivity index (χ0) is 11.0. The molecule has 0 saturated heterocycles. The molecule has 78 valence electrons. The summed E-state index contributed by atoms with van der Waals surface area (Å²) in [6, 6.07) is 4.55. The third-order valence-corrected chi connectivity index (χ3v) is 2.67. The van der Waals surface area contributed by atoms with E-state index in [0.717, 1.165) is 5.69 Å². The van der Waals surface area contributed by atoms with Crippen molar-refractivity contribution in [2.24, 2.45) is 0 Å². The number of rotatable bonds is 1. The predicted octanol–water partition coefficient (Wildman–Crippen LogP) is 2.68. The molecule has 0 aliphatic heterocycles. The maximum Gasteiger partial charge on any atom is 0.214 e. The molecule has 5 heteroatoms. The number of hydrogen-bond acceptors (Lipinski definition) is 2. The van der Waals surface area contributed by atoms with E-state index in [9.17, 15) is 4.39 Å². The average molecular weight is 226 g/mol. The number of aryl methyl sites for hydroxylation is 1. The second-order valence-electron chi connectivity index (χ2n) is 3.22. The first-order chi connectivity index (χ1) is 7.09. The molecule has 2 heterocycles. The van der Waals surface area contributed by atoms with Gasteiger partial charge in [-0.25, -0.2) is 9.67 Å². The lowest BCUT2D eigenvalue weighted by molar-refractivity contribution is 0.576. The number of aromatic nitrogens is 3. The summed E-state index contributed by atoms with van der Waals surface area (Å²) in [6.45, 7) is 3.61. The molecule has 0 spiro atoms. The molecule has 0 unspecified atom stereocenters. The van der Waals surface area contributed by atoms with E-state index in [0.29, 0.717) is 16.5 Å². The highest BCUT2D eigenvalue weighted by Crippen LogP contribution is 2.21. The molecule has 3 nitrogen and oxygen atoms in total. The summed E-state index contributed by atoms with van der Waals surface area (Å²) in [5.41, 5.74) is 1.47. The molecule has 0 saturated carbocycles. The van der Waals surface area contributed by atoms with Crippen LogP contribution in [0.25, 0.3) is 5.82 Å². The minimum atomic E-state index is -0.531. The number of halogens is 2. The molecule has 0 aromatic carbocycles. The fourth-order valence-electron chi connectivity index (χ4n) is 1.36. The Morgan fingerprint density at radius 1 is 1.33 bits per heavy atom. The normalized spacial score (nSPS) is 10.7. The van der Waals surface area contributed by atoms with Crippen molar-refractivity contribution >= 4 is 11.6 Å². The first-order valence-electron chi connectivity index (χ1n) is 4.44. The van der Waals surface area contributed by atoms with Gasteiger partial charge in [-0.1, -0.05) is 17.7 Å². The predicted molar refractivity (Wildman–Crippen MR) is 55.8 cm³/mol. The summed E-state index contributed by atoms with van der Waals surface area (Å²) in [7, 11) is 0. The molecular formula is C10H9ClFN3. The molecule has 2 aromatic heterocycles. The topological polar surface area (TPSA) is 30.7 Å². The van der Waals surface area contributed by atoms with E-state index in [2.05, 4.69) is 10.1 Å². The third-order valence-electron chi connectivity index (χ3n) is 2.12. The van der Waals surface area contributed by atoms with Gasteiger partial charge in [0.1, 0.15) is 0 Å². The van der Waals surface area contributed by atoms with E-state index in [-0.39, 0.29) is 0 Å². The quantitative estimate of drug-likeness (QED) is 0.699. The standard InChI is InChI=1S/C10H9ClFN3/c1-6-10(11)7(2)15(14-6)9-5-3-4-8(12)13-9/h3-5H,1-2H3.